The SMILES string of the molecule is C.CCNc1ccc2nn(-c3ccc(N)c(C=NC)c3)c(=O)c(-c3ccc(Cl)cc3)c2n1. The highest BCUT2D eigenvalue weighted by Crippen LogP contribution is 2.26. The van der Waals surface area contributed by atoms with Gasteiger partial charge < -0.3 is 11.1 Å². The van der Waals surface area contributed by atoms with Gasteiger partial charge in [-0.1, -0.05) is 31.2 Å². The molecule has 2 aromatic carbocycles. The highest BCUT2D eigenvalue weighted by atomic mass is 35.5. The van der Waals surface area contributed by atoms with E-state index in [9.17, 15) is 4.79 Å². The number of hydrogen-bond donors (Lipinski definition) is 2. The summed E-state index contributed by atoms with van der Waals surface area (Å²) < 4.78 is 1.37. The van der Waals surface area contributed by atoms with Crippen LogP contribution in [0.25, 0.3) is 27.8 Å². The predicted octanol–water partition coefficient (Wildman–Crippen LogP) is 4.80. The van der Waals surface area contributed by atoms with Crippen molar-refractivity contribution in [2.45, 2.75) is 14.4 Å². The number of nitrogens with two attached hydrogens (primary N) is 1. The number of benzene rings is 2. The number of fused-ring (bicyclic) bond motifs is 1. The van der Waals surface area contributed by atoms with E-state index in [1.165, 1.54) is 4.68 Å². The van der Waals surface area contributed by atoms with Crippen molar-refractivity contribution in [1.29, 1.82) is 0 Å². The molecule has 8 heteroatoms. The molecule has 0 unspecified atom stereocenters. The Balaban J connectivity index is 0.00000289. The molecule has 4 rings (SSSR count). The summed E-state index contributed by atoms with van der Waals surface area (Å²) in [5, 5.41) is 8.36. The van der Waals surface area contributed by atoms with E-state index in [0.29, 0.717) is 56.5 Å². The van der Waals surface area contributed by atoms with E-state index in [2.05, 4.69) is 20.4 Å². The van der Waals surface area contributed by atoms with Crippen molar-refractivity contribution in [3.63, 3.8) is 0 Å². The van der Waals surface area contributed by atoms with Crippen molar-refractivity contribution < 1.29 is 0 Å². The van der Waals surface area contributed by atoms with Crippen LogP contribution in [-0.2, 0) is 0 Å². The predicted molar refractivity (Wildman–Crippen MR) is 134 cm³/mol. The highest BCUT2D eigenvalue weighted by molar-refractivity contribution is 6.30. The van der Waals surface area contributed by atoms with Crippen LogP contribution in [0.3, 0.4) is 0 Å². The van der Waals surface area contributed by atoms with Gasteiger partial charge in [0.2, 0.25) is 0 Å². The molecule has 0 aliphatic carbocycles. The standard InChI is InChI=1S/C23H21ClN6O.CH4/c1-3-27-20-11-10-19-22(28-20)21(14-4-6-16(24)7-5-14)23(31)30(29-19)17-8-9-18(25)15(12-17)13-26-2;/h4-13H,3,25H2,1-2H3,(H,27,28);1H4. The van der Waals surface area contributed by atoms with Crippen LogP contribution >= 0.6 is 11.6 Å². The monoisotopic (exact) mass is 448 g/mol. The summed E-state index contributed by atoms with van der Waals surface area (Å²) >= 11 is 6.07. The van der Waals surface area contributed by atoms with Crippen LogP contribution in [0.15, 0.2) is 64.4 Å². The molecule has 3 N–H and O–H groups in total. The first-order valence-corrected chi connectivity index (χ1v) is 10.2. The summed E-state index contributed by atoms with van der Waals surface area (Å²) in [5.74, 6) is 0.679. The maximum atomic E-state index is 13.6. The second-order valence-electron chi connectivity index (χ2n) is 6.89. The summed E-state index contributed by atoms with van der Waals surface area (Å²) in [6.45, 7) is 2.70. The zero-order valence-electron chi connectivity index (χ0n) is 17.1. The van der Waals surface area contributed by atoms with Crippen LogP contribution in [0.4, 0.5) is 11.5 Å². The fourth-order valence-electron chi connectivity index (χ4n) is 3.35. The quantitative estimate of drug-likeness (QED) is 0.337. The maximum Gasteiger partial charge on any atom is 0.281 e. The first-order valence-electron chi connectivity index (χ1n) is 9.77. The van der Waals surface area contributed by atoms with Gasteiger partial charge in [0.05, 0.1) is 11.3 Å². The van der Waals surface area contributed by atoms with Crippen LogP contribution < -0.4 is 16.6 Å². The van der Waals surface area contributed by atoms with Crippen LogP contribution in [-0.4, -0.2) is 34.6 Å². The van der Waals surface area contributed by atoms with Crippen LogP contribution in [0, 0.1) is 0 Å². The molecule has 7 nitrogen and oxygen atoms in total. The Morgan fingerprint density at radius 2 is 1.91 bits per heavy atom. The van der Waals surface area contributed by atoms with Gasteiger partial charge in [0.25, 0.3) is 5.56 Å². The molecular weight excluding hydrogens is 424 g/mol. The van der Waals surface area contributed by atoms with Crippen molar-refractivity contribution in [2.24, 2.45) is 4.99 Å². The van der Waals surface area contributed by atoms with E-state index in [1.807, 2.05) is 31.2 Å². The van der Waals surface area contributed by atoms with E-state index >= 15 is 0 Å². The molecule has 0 aliphatic rings. The Labute approximate surface area is 191 Å². The van der Waals surface area contributed by atoms with E-state index in [4.69, 9.17) is 17.3 Å². The molecule has 32 heavy (non-hydrogen) atoms. The van der Waals surface area contributed by atoms with E-state index in [1.54, 1.807) is 43.6 Å². The van der Waals surface area contributed by atoms with Crippen molar-refractivity contribution >= 4 is 40.4 Å². The Bertz CT molecular complexity index is 1350. The summed E-state index contributed by atoms with van der Waals surface area (Å²) in [7, 11) is 1.67. The lowest BCUT2D eigenvalue weighted by atomic mass is 10.1. The topological polar surface area (TPSA) is 98.2 Å². The molecule has 0 bridgehead atoms. The summed E-state index contributed by atoms with van der Waals surface area (Å²) in [4.78, 5) is 22.3. The third-order valence-corrected chi connectivity index (χ3v) is 5.05. The third-order valence-electron chi connectivity index (χ3n) is 4.80. The smallest absolute Gasteiger partial charge is 0.281 e. The van der Waals surface area contributed by atoms with Crippen molar-refractivity contribution in [3.05, 3.63) is 75.5 Å². The maximum absolute atomic E-state index is 13.6. The van der Waals surface area contributed by atoms with Crippen LogP contribution in [0.2, 0.25) is 5.02 Å². The molecule has 0 spiro atoms. The van der Waals surface area contributed by atoms with Gasteiger partial charge in [-0.2, -0.15) is 9.78 Å². The molecule has 0 aliphatic heterocycles. The number of aliphatic imine (C=N–C) groups is 1. The van der Waals surface area contributed by atoms with E-state index in [0.717, 1.165) is 0 Å². The van der Waals surface area contributed by atoms with Gasteiger partial charge in [-0.25, -0.2) is 4.98 Å². The lowest BCUT2D eigenvalue weighted by molar-refractivity contribution is 0.832. The first-order chi connectivity index (χ1) is 15.0. The van der Waals surface area contributed by atoms with Crippen LogP contribution in [0.1, 0.15) is 19.9 Å². The minimum absolute atomic E-state index is 0. The normalized spacial score (nSPS) is 11.0. The molecule has 164 valence electrons. The Kier molecular flexibility index (Phi) is 6.90. The molecular formula is C24H25ClN6O. The lowest BCUT2D eigenvalue weighted by Crippen LogP contribution is -2.24. The number of nitrogens with one attached hydrogen (secondary N) is 1. The minimum Gasteiger partial charge on any atom is -0.398 e. The van der Waals surface area contributed by atoms with Gasteiger partial charge in [0, 0.05) is 36.1 Å². The largest absolute Gasteiger partial charge is 0.398 e. The van der Waals surface area contributed by atoms with E-state index in [-0.39, 0.29) is 13.0 Å². The lowest BCUT2D eigenvalue weighted by Gasteiger charge is -2.13. The van der Waals surface area contributed by atoms with Crippen molar-refractivity contribution in [3.8, 4) is 16.8 Å². The number of aromatic nitrogens is 3. The second kappa shape index (κ2) is 9.62. The molecule has 0 fully saturated rings. The zero-order chi connectivity index (χ0) is 22.0. The van der Waals surface area contributed by atoms with Crippen molar-refractivity contribution in [1.82, 2.24) is 14.8 Å². The number of nitrogens with zero attached hydrogens (tertiary/aromatic N) is 4. The van der Waals surface area contributed by atoms with Gasteiger partial charge >= 0.3 is 0 Å². The third kappa shape index (κ3) is 4.33. The average Bonchev–Trinajstić information content (AvgIpc) is 2.76. The minimum atomic E-state index is -0.292. The molecule has 0 saturated carbocycles. The van der Waals surface area contributed by atoms with Gasteiger partial charge in [-0.05, 0) is 55.0 Å². The Morgan fingerprint density at radius 3 is 2.59 bits per heavy atom. The Morgan fingerprint density at radius 1 is 1.16 bits per heavy atom. The Hall–Kier alpha value is -3.71. The average molecular weight is 449 g/mol. The van der Waals surface area contributed by atoms with Gasteiger partial charge in [-0.3, -0.25) is 9.79 Å². The van der Waals surface area contributed by atoms with Gasteiger partial charge in [-0.15, -0.1) is 0 Å². The second-order valence-corrected chi connectivity index (χ2v) is 7.33. The zero-order valence-corrected chi connectivity index (χ0v) is 17.9. The molecule has 0 saturated heterocycles. The molecule has 2 heterocycles. The number of halogens is 1. The molecule has 4 aromatic rings. The molecule has 2 aromatic heterocycles. The molecule has 0 atom stereocenters. The van der Waals surface area contributed by atoms with Gasteiger partial charge in [0.15, 0.2) is 0 Å². The van der Waals surface area contributed by atoms with E-state index < -0.39 is 0 Å². The summed E-state index contributed by atoms with van der Waals surface area (Å²) in [6, 6.07) is 16.1. The number of hydrogen-bond acceptors (Lipinski definition) is 6. The fraction of sp³-hybridized carbons (Fsp3) is 0.167. The van der Waals surface area contributed by atoms with Crippen molar-refractivity contribution in [2.75, 3.05) is 24.6 Å². The number of nitrogen functional groups attached to an aromatic ring is 1. The number of pyridine rings is 1. The highest BCUT2D eigenvalue weighted by Gasteiger charge is 2.17. The fourth-order valence-corrected chi connectivity index (χ4v) is 3.48. The van der Waals surface area contributed by atoms with Crippen LogP contribution in [0.5, 0.6) is 0 Å². The summed E-state index contributed by atoms with van der Waals surface area (Å²) in [5.41, 5.74) is 9.88. The molecule has 0 amide bonds. The number of rotatable bonds is 5. The molecule has 0 radical (unpaired) electrons. The summed E-state index contributed by atoms with van der Waals surface area (Å²) in [6.07, 6.45) is 1.65. The first kappa shape index (κ1) is 23.0. The number of anilines is 2. The van der Waals surface area contributed by atoms with Gasteiger partial charge in [0.1, 0.15) is 16.9 Å².